The normalized spacial score (nSPS) is 10.2. The van der Waals surface area contributed by atoms with Crippen molar-refractivity contribution in [2.75, 3.05) is 6.54 Å². The van der Waals surface area contributed by atoms with Crippen LogP contribution in [0.5, 0.6) is 0 Å². The average Bonchev–Trinajstić information content (AvgIpc) is 2.51. The summed E-state index contributed by atoms with van der Waals surface area (Å²) in [6, 6.07) is 9.03. The summed E-state index contributed by atoms with van der Waals surface area (Å²) < 4.78 is 0. The number of hydrogen-bond donors (Lipinski definition) is 2. The highest BCUT2D eigenvalue weighted by atomic mass is 16.4. The van der Waals surface area contributed by atoms with Gasteiger partial charge >= 0.3 is 5.97 Å². The molecule has 0 aliphatic carbocycles. The van der Waals surface area contributed by atoms with Gasteiger partial charge < -0.3 is 10.8 Å². The summed E-state index contributed by atoms with van der Waals surface area (Å²) >= 11 is 0. The molecule has 0 bridgehead atoms. The van der Waals surface area contributed by atoms with Gasteiger partial charge in [-0.2, -0.15) is 0 Å². The molecule has 0 amide bonds. The Morgan fingerprint density at radius 1 is 1.17 bits per heavy atom. The second kappa shape index (κ2) is 11.6. The van der Waals surface area contributed by atoms with Crippen molar-refractivity contribution in [2.24, 2.45) is 11.1 Å². The molecule has 4 nitrogen and oxygen atoms in total. The zero-order valence-corrected chi connectivity index (χ0v) is 15.7. The molecule has 4 heteroatoms. The van der Waals surface area contributed by atoms with Crippen LogP contribution in [0.2, 0.25) is 0 Å². The first kappa shape index (κ1) is 22.1. The Bertz CT molecular complexity index is 594. The fourth-order valence-electron chi connectivity index (χ4n) is 1.58. The van der Waals surface area contributed by atoms with Gasteiger partial charge in [0.15, 0.2) is 0 Å². The molecule has 0 atom stereocenters. The number of fused-ring (bicyclic) bond motifs is 1. The van der Waals surface area contributed by atoms with Crippen LogP contribution in [-0.2, 0) is 0 Å². The van der Waals surface area contributed by atoms with Gasteiger partial charge in [-0.05, 0) is 30.5 Å². The summed E-state index contributed by atoms with van der Waals surface area (Å²) in [5.41, 5.74) is 6.75. The molecule has 0 spiro atoms. The van der Waals surface area contributed by atoms with Crippen molar-refractivity contribution in [2.45, 2.75) is 53.9 Å². The van der Waals surface area contributed by atoms with Gasteiger partial charge in [-0.1, -0.05) is 65.7 Å². The maximum absolute atomic E-state index is 10.6. The number of carboxylic acid groups (broad SMARTS) is 1. The highest BCUT2D eigenvalue weighted by molar-refractivity contribution is 5.92. The number of para-hydroxylation sites is 1. The minimum absolute atomic E-state index is 0.221. The van der Waals surface area contributed by atoms with Crippen molar-refractivity contribution in [3.8, 4) is 0 Å². The molecular formula is C20H32N2O2. The van der Waals surface area contributed by atoms with Crippen molar-refractivity contribution < 1.29 is 9.90 Å². The molecule has 2 rings (SSSR count). The third kappa shape index (κ3) is 11.6. The van der Waals surface area contributed by atoms with Crippen LogP contribution in [0.25, 0.3) is 10.9 Å². The van der Waals surface area contributed by atoms with Crippen LogP contribution in [0.15, 0.2) is 36.5 Å². The maximum atomic E-state index is 10.6. The molecule has 0 fully saturated rings. The minimum atomic E-state index is -0.946. The fourth-order valence-corrected chi connectivity index (χ4v) is 1.58. The summed E-state index contributed by atoms with van der Waals surface area (Å²) in [5, 5.41) is 9.55. The van der Waals surface area contributed by atoms with E-state index < -0.39 is 5.97 Å². The third-order valence-electron chi connectivity index (χ3n) is 2.65. The van der Waals surface area contributed by atoms with E-state index in [1.54, 1.807) is 6.07 Å². The molecule has 0 saturated heterocycles. The smallest absolute Gasteiger partial charge is 0.337 e. The molecule has 1 aromatic carbocycles. The van der Waals surface area contributed by atoms with E-state index in [9.17, 15) is 4.79 Å². The van der Waals surface area contributed by atoms with Crippen molar-refractivity contribution in [1.29, 1.82) is 0 Å². The lowest BCUT2D eigenvalue weighted by Crippen LogP contribution is -1.96. The summed E-state index contributed by atoms with van der Waals surface area (Å²) in [6.07, 6.45) is 5.12. The van der Waals surface area contributed by atoms with Gasteiger partial charge in [-0.25, -0.2) is 4.79 Å². The van der Waals surface area contributed by atoms with Gasteiger partial charge in [0.2, 0.25) is 0 Å². The van der Waals surface area contributed by atoms with E-state index >= 15 is 0 Å². The van der Waals surface area contributed by atoms with Gasteiger partial charge in [0, 0.05) is 11.6 Å². The number of nitrogens with zero attached hydrogens (tertiary/aromatic N) is 1. The van der Waals surface area contributed by atoms with Crippen molar-refractivity contribution >= 4 is 16.9 Å². The van der Waals surface area contributed by atoms with Gasteiger partial charge in [0.1, 0.15) is 0 Å². The van der Waals surface area contributed by atoms with Crippen LogP contribution in [-0.4, -0.2) is 22.6 Å². The van der Waals surface area contributed by atoms with Gasteiger partial charge in [0.25, 0.3) is 0 Å². The van der Waals surface area contributed by atoms with Gasteiger partial charge in [0.05, 0.1) is 11.1 Å². The molecular weight excluding hydrogens is 300 g/mol. The number of rotatable bonds is 4. The number of nitrogens with two attached hydrogens (primary N) is 1. The molecule has 0 unspecified atom stereocenters. The monoisotopic (exact) mass is 332 g/mol. The second-order valence-corrected chi connectivity index (χ2v) is 7.22. The third-order valence-corrected chi connectivity index (χ3v) is 2.65. The SMILES string of the molecule is CC(C)(C)C.CCCCCN.O=C(O)c1cnc2ccccc2c1. The lowest BCUT2D eigenvalue weighted by atomic mass is 10.0. The zero-order valence-electron chi connectivity index (χ0n) is 15.7. The van der Waals surface area contributed by atoms with Gasteiger partial charge in [-0.15, -0.1) is 0 Å². The van der Waals surface area contributed by atoms with Gasteiger partial charge in [-0.3, -0.25) is 4.98 Å². The lowest BCUT2D eigenvalue weighted by molar-refractivity contribution is 0.0696. The van der Waals surface area contributed by atoms with Crippen molar-refractivity contribution in [1.82, 2.24) is 4.98 Å². The molecule has 24 heavy (non-hydrogen) atoms. The Morgan fingerprint density at radius 3 is 2.21 bits per heavy atom. The molecule has 0 radical (unpaired) electrons. The molecule has 0 saturated carbocycles. The average molecular weight is 332 g/mol. The zero-order chi connectivity index (χ0) is 18.6. The molecule has 1 aromatic heterocycles. The standard InChI is InChI=1S/C10H7NO2.C5H13N.C5H12/c12-10(13)8-5-7-3-1-2-4-9(7)11-6-8;1-2-3-4-5-6;1-5(2,3)4/h1-6H,(H,12,13);2-6H2,1H3;1-4H3. The highest BCUT2D eigenvalue weighted by Crippen LogP contribution is 2.12. The first-order chi connectivity index (χ1) is 11.2. The quantitative estimate of drug-likeness (QED) is 0.762. The molecule has 0 aliphatic rings. The number of hydrogen-bond acceptors (Lipinski definition) is 3. The largest absolute Gasteiger partial charge is 0.478 e. The summed E-state index contributed by atoms with van der Waals surface area (Å²) in [5.74, 6) is -0.946. The molecule has 2 aromatic rings. The highest BCUT2D eigenvalue weighted by Gasteiger charge is 2.03. The number of carboxylic acids is 1. The van der Waals surface area contributed by atoms with Crippen LogP contribution in [0.1, 0.15) is 64.2 Å². The molecule has 1 heterocycles. The topological polar surface area (TPSA) is 76.2 Å². The minimum Gasteiger partial charge on any atom is -0.478 e. The van der Waals surface area contributed by atoms with Crippen LogP contribution >= 0.6 is 0 Å². The van der Waals surface area contributed by atoms with Crippen molar-refractivity contribution in [3.63, 3.8) is 0 Å². The first-order valence-electron chi connectivity index (χ1n) is 8.47. The second-order valence-electron chi connectivity index (χ2n) is 7.22. The summed E-state index contributed by atoms with van der Waals surface area (Å²) in [4.78, 5) is 14.6. The van der Waals surface area contributed by atoms with Crippen LogP contribution < -0.4 is 5.73 Å². The number of pyridine rings is 1. The van der Waals surface area contributed by atoms with Crippen molar-refractivity contribution in [3.05, 3.63) is 42.1 Å². The van der Waals surface area contributed by atoms with Crippen LogP contribution in [0, 0.1) is 5.41 Å². The Balaban J connectivity index is 0.000000405. The Kier molecular flexibility index (Phi) is 10.6. The summed E-state index contributed by atoms with van der Waals surface area (Å²) in [7, 11) is 0. The number of aromatic carboxylic acids is 1. The van der Waals surface area contributed by atoms with E-state index in [0.717, 1.165) is 17.4 Å². The molecule has 3 N–H and O–H groups in total. The maximum Gasteiger partial charge on any atom is 0.337 e. The van der Waals surface area contributed by atoms with Crippen LogP contribution in [0.3, 0.4) is 0 Å². The van der Waals surface area contributed by atoms with E-state index in [0.29, 0.717) is 5.41 Å². The predicted molar refractivity (Wildman–Crippen MR) is 102 cm³/mol. The number of unbranched alkanes of at least 4 members (excludes halogenated alkanes) is 2. The summed E-state index contributed by atoms with van der Waals surface area (Å²) in [6.45, 7) is 11.8. The molecule has 134 valence electrons. The number of benzene rings is 1. The fraction of sp³-hybridized carbons (Fsp3) is 0.500. The molecule has 0 aliphatic heterocycles. The number of aromatic nitrogens is 1. The Morgan fingerprint density at radius 2 is 1.75 bits per heavy atom. The van der Waals surface area contributed by atoms with E-state index in [-0.39, 0.29) is 5.56 Å². The predicted octanol–water partition coefficient (Wildman–Crippen LogP) is 5.12. The van der Waals surface area contributed by atoms with E-state index in [4.69, 9.17) is 10.8 Å². The number of carbonyl (C=O) groups is 1. The van der Waals surface area contributed by atoms with Crippen LogP contribution in [0.4, 0.5) is 0 Å². The van der Waals surface area contributed by atoms with E-state index in [1.165, 1.54) is 25.5 Å². The first-order valence-corrected chi connectivity index (χ1v) is 8.47. The Hall–Kier alpha value is -1.94. The van der Waals surface area contributed by atoms with E-state index in [1.807, 2.05) is 24.3 Å². The lowest BCUT2D eigenvalue weighted by Gasteiger charge is -2.05. The Labute approximate surface area is 146 Å². The van der Waals surface area contributed by atoms with E-state index in [2.05, 4.69) is 39.6 Å².